The highest BCUT2D eigenvalue weighted by Crippen LogP contribution is 2.38. The number of para-hydroxylation sites is 1. The van der Waals surface area contributed by atoms with Crippen LogP contribution in [0.25, 0.3) is 4.96 Å². The van der Waals surface area contributed by atoms with Crippen molar-refractivity contribution in [1.82, 2.24) is 14.3 Å². The van der Waals surface area contributed by atoms with Crippen LogP contribution in [-0.2, 0) is 6.54 Å². The van der Waals surface area contributed by atoms with E-state index in [9.17, 15) is 4.79 Å². The second-order valence-electron chi connectivity index (χ2n) is 6.73. The Kier molecular flexibility index (Phi) is 5.50. The minimum Gasteiger partial charge on any atom is -0.493 e. The summed E-state index contributed by atoms with van der Waals surface area (Å²) in [7, 11) is 3.26. The minimum absolute atomic E-state index is 0.0252. The van der Waals surface area contributed by atoms with Gasteiger partial charge in [-0.05, 0) is 25.0 Å². The van der Waals surface area contributed by atoms with Crippen molar-refractivity contribution >= 4 is 16.3 Å². The van der Waals surface area contributed by atoms with E-state index in [-0.39, 0.29) is 11.7 Å². The number of fused-ring (bicyclic) bond motifs is 1. The molecule has 28 heavy (non-hydrogen) atoms. The van der Waals surface area contributed by atoms with E-state index in [1.165, 1.54) is 11.3 Å². The summed E-state index contributed by atoms with van der Waals surface area (Å²) < 4.78 is 18.6. The van der Waals surface area contributed by atoms with E-state index in [1.807, 2.05) is 23.6 Å². The standard InChI is InChI=1S/C20H23N3O4S/c1-25-16-4-3-5-17(26-2)19(16)27-15-6-8-22(9-7-15)13-14-12-18(24)23-10-11-28-20(23)21-14/h3-5,10-12,15H,6-9,13H2,1-2H3. The summed E-state index contributed by atoms with van der Waals surface area (Å²) in [5.41, 5.74) is 0.793. The fourth-order valence-corrected chi connectivity index (χ4v) is 4.22. The number of nitrogens with zero attached hydrogens (tertiary/aromatic N) is 3. The first-order valence-electron chi connectivity index (χ1n) is 9.23. The maximum Gasteiger partial charge on any atom is 0.258 e. The lowest BCUT2D eigenvalue weighted by atomic mass is 10.1. The summed E-state index contributed by atoms with van der Waals surface area (Å²) in [6, 6.07) is 7.25. The zero-order chi connectivity index (χ0) is 19.5. The molecule has 1 aliphatic rings. The molecule has 1 aliphatic heterocycles. The van der Waals surface area contributed by atoms with Crippen molar-refractivity contribution in [2.75, 3.05) is 27.3 Å². The van der Waals surface area contributed by atoms with E-state index in [1.54, 1.807) is 30.9 Å². The van der Waals surface area contributed by atoms with Gasteiger partial charge in [-0.25, -0.2) is 4.98 Å². The van der Waals surface area contributed by atoms with Gasteiger partial charge in [0.15, 0.2) is 16.5 Å². The number of likely N-dealkylation sites (tertiary alicyclic amines) is 1. The predicted molar refractivity (Wildman–Crippen MR) is 108 cm³/mol. The molecule has 0 unspecified atom stereocenters. The van der Waals surface area contributed by atoms with Gasteiger partial charge in [0.1, 0.15) is 6.10 Å². The van der Waals surface area contributed by atoms with E-state index in [0.717, 1.165) is 36.6 Å². The van der Waals surface area contributed by atoms with Crippen molar-refractivity contribution in [1.29, 1.82) is 0 Å². The number of aromatic nitrogens is 2. The van der Waals surface area contributed by atoms with Crippen molar-refractivity contribution in [3.8, 4) is 17.2 Å². The summed E-state index contributed by atoms with van der Waals surface area (Å²) in [6.45, 7) is 2.44. The van der Waals surface area contributed by atoms with Crippen molar-refractivity contribution in [2.45, 2.75) is 25.5 Å². The van der Waals surface area contributed by atoms with Gasteiger partial charge in [-0.3, -0.25) is 14.1 Å². The molecular formula is C20H23N3O4S. The molecule has 0 aliphatic carbocycles. The molecule has 0 radical (unpaired) electrons. The molecule has 3 heterocycles. The first-order valence-corrected chi connectivity index (χ1v) is 10.1. The number of rotatable bonds is 6. The van der Waals surface area contributed by atoms with Gasteiger partial charge in [0.05, 0.1) is 19.9 Å². The highest BCUT2D eigenvalue weighted by Gasteiger charge is 2.24. The summed E-state index contributed by atoms with van der Waals surface area (Å²) >= 11 is 1.48. The van der Waals surface area contributed by atoms with Crippen molar-refractivity contribution in [3.63, 3.8) is 0 Å². The van der Waals surface area contributed by atoms with E-state index in [2.05, 4.69) is 9.88 Å². The normalized spacial score (nSPS) is 15.6. The molecule has 1 aromatic carbocycles. The third-order valence-electron chi connectivity index (χ3n) is 4.94. The van der Waals surface area contributed by atoms with Crippen LogP contribution < -0.4 is 19.8 Å². The van der Waals surface area contributed by atoms with Gasteiger partial charge in [0.2, 0.25) is 5.75 Å². The van der Waals surface area contributed by atoms with Gasteiger partial charge in [0.25, 0.3) is 5.56 Å². The average Bonchev–Trinajstić information content (AvgIpc) is 3.19. The molecule has 0 saturated carbocycles. The molecule has 4 rings (SSSR count). The van der Waals surface area contributed by atoms with E-state index >= 15 is 0 Å². The quantitative estimate of drug-likeness (QED) is 0.633. The Hall–Kier alpha value is -2.58. The molecule has 0 bridgehead atoms. The number of benzene rings is 1. The first kappa shape index (κ1) is 18.8. The van der Waals surface area contributed by atoms with Crippen LogP contribution in [0.1, 0.15) is 18.5 Å². The molecule has 1 fully saturated rings. The Morgan fingerprint density at radius 1 is 1.18 bits per heavy atom. The number of hydrogen-bond donors (Lipinski definition) is 0. The Labute approximate surface area is 167 Å². The molecule has 3 aromatic rings. The van der Waals surface area contributed by atoms with Gasteiger partial charge < -0.3 is 14.2 Å². The lowest BCUT2D eigenvalue weighted by Crippen LogP contribution is -2.38. The zero-order valence-corrected chi connectivity index (χ0v) is 16.8. The molecular weight excluding hydrogens is 378 g/mol. The Bertz CT molecular complexity index is 986. The second kappa shape index (κ2) is 8.20. The van der Waals surface area contributed by atoms with Crippen LogP contribution in [0.5, 0.6) is 17.2 Å². The third-order valence-corrected chi connectivity index (χ3v) is 5.70. The molecule has 8 heteroatoms. The SMILES string of the molecule is COc1cccc(OC)c1OC1CCN(Cc2cc(=O)n3ccsc3n2)CC1. The van der Waals surface area contributed by atoms with Crippen molar-refractivity contribution in [2.24, 2.45) is 0 Å². The highest BCUT2D eigenvalue weighted by atomic mass is 32.1. The fourth-order valence-electron chi connectivity index (χ4n) is 3.48. The Morgan fingerprint density at radius 3 is 2.57 bits per heavy atom. The monoisotopic (exact) mass is 401 g/mol. The van der Waals surface area contributed by atoms with Gasteiger partial charge in [-0.2, -0.15) is 0 Å². The molecule has 0 N–H and O–H groups in total. The van der Waals surface area contributed by atoms with Gasteiger partial charge in [0, 0.05) is 37.3 Å². The van der Waals surface area contributed by atoms with Gasteiger partial charge >= 0.3 is 0 Å². The third kappa shape index (κ3) is 3.83. The largest absolute Gasteiger partial charge is 0.493 e. The van der Waals surface area contributed by atoms with E-state index in [0.29, 0.717) is 23.8 Å². The molecule has 0 spiro atoms. The maximum absolute atomic E-state index is 12.1. The van der Waals surface area contributed by atoms with Crippen LogP contribution in [0.15, 0.2) is 40.6 Å². The number of piperidine rings is 1. The summed E-state index contributed by atoms with van der Waals surface area (Å²) in [4.78, 5) is 19.8. The van der Waals surface area contributed by atoms with Crippen LogP contribution in [-0.4, -0.2) is 47.7 Å². The lowest BCUT2D eigenvalue weighted by molar-refractivity contribution is 0.0911. The van der Waals surface area contributed by atoms with Gasteiger partial charge in [-0.1, -0.05) is 6.07 Å². The summed E-state index contributed by atoms with van der Waals surface area (Å²) in [5.74, 6) is 2.01. The molecule has 2 aromatic heterocycles. The van der Waals surface area contributed by atoms with Gasteiger partial charge in [-0.15, -0.1) is 11.3 Å². The fraction of sp³-hybridized carbons (Fsp3) is 0.400. The number of methoxy groups -OCH3 is 2. The second-order valence-corrected chi connectivity index (χ2v) is 7.60. The van der Waals surface area contributed by atoms with Crippen LogP contribution in [0.4, 0.5) is 0 Å². The van der Waals surface area contributed by atoms with E-state index in [4.69, 9.17) is 14.2 Å². The molecule has 148 valence electrons. The molecule has 7 nitrogen and oxygen atoms in total. The Balaban J connectivity index is 1.39. The number of thiazole rings is 1. The number of hydrogen-bond acceptors (Lipinski definition) is 7. The summed E-state index contributed by atoms with van der Waals surface area (Å²) in [6.07, 6.45) is 3.64. The van der Waals surface area contributed by atoms with Crippen molar-refractivity contribution < 1.29 is 14.2 Å². The maximum atomic E-state index is 12.1. The van der Waals surface area contributed by atoms with Crippen LogP contribution >= 0.6 is 11.3 Å². The highest BCUT2D eigenvalue weighted by molar-refractivity contribution is 7.15. The molecule has 0 atom stereocenters. The predicted octanol–water partition coefficient (Wildman–Crippen LogP) is 2.82. The average molecular weight is 401 g/mol. The molecule has 1 saturated heterocycles. The van der Waals surface area contributed by atoms with E-state index < -0.39 is 0 Å². The zero-order valence-electron chi connectivity index (χ0n) is 16.0. The van der Waals surface area contributed by atoms with Crippen LogP contribution in [0.3, 0.4) is 0 Å². The topological polar surface area (TPSA) is 65.3 Å². The van der Waals surface area contributed by atoms with Crippen LogP contribution in [0.2, 0.25) is 0 Å². The number of ether oxygens (including phenoxy) is 3. The lowest BCUT2D eigenvalue weighted by Gasteiger charge is -2.32. The summed E-state index contributed by atoms with van der Waals surface area (Å²) in [5, 5.41) is 1.88. The Morgan fingerprint density at radius 2 is 1.89 bits per heavy atom. The van der Waals surface area contributed by atoms with Crippen molar-refractivity contribution in [3.05, 3.63) is 51.9 Å². The first-order chi connectivity index (χ1) is 13.7. The smallest absolute Gasteiger partial charge is 0.258 e. The van der Waals surface area contributed by atoms with Crippen LogP contribution in [0, 0.1) is 0 Å². The molecule has 0 amide bonds. The minimum atomic E-state index is -0.0252.